The number of aromatic nitrogens is 3. The van der Waals surface area contributed by atoms with Gasteiger partial charge in [0.2, 0.25) is 5.82 Å². The molecule has 0 aliphatic heterocycles. The van der Waals surface area contributed by atoms with Gasteiger partial charge in [-0.25, -0.2) is 4.98 Å². The van der Waals surface area contributed by atoms with Crippen LogP contribution in [0.1, 0.15) is 22.0 Å². The minimum Gasteiger partial charge on any atom is -0.497 e. The van der Waals surface area contributed by atoms with Crippen molar-refractivity contribution >= 4 is 5.91 Å². The van der Waals surface area contributed by atoms with Gasteiger partial charge in [-0.2, -0.15) is 0 Å². The van der Waals surface area contributed by atoms with Crippen molar-refractivity contribution in [3.05, 3.63) is 41.5 Å². The molecule has 0 spiro atoms. The molecule has 0 saturated heterocycles. The summed E-state index contributed by atoms with van der Waals surface area (Å²) in [5, 5.41) is 6.52. The number of carbonyl (C=O) groups is 1. The van der Waals surface area contributed by atoms with Gasteiger partial charge in [-0.3, -0.25) is 9.89 Å². The Balaban J connectivity index is 2.03. The molecule has 19 heavy (non-hydrogen) atoms. The molecule has 0 aliphatic carbocycles. The van der Waals surface area contributed by atoms with Crippen LogP contribution in [-0.4, -0.2) is 40.1 Å². The predicted octanol–water partition coefficient (Wildman–Crippen LogP) is 1.39. The van der Waals surface area contributed by atoms with Gasteiger partial charge in [0.15, 0.2) is 0 Å². The first kappa shape index (κ1) is 13.1. The zero-order valence-electron chi connectivity index (χ0n) is 11.2. The van der Waals surface area contributed by atoms with Crippen LogP contribution in [0.3, 0.4) is 0 Å². The summed E-state index contributed by atoms with van der Waals surface area (Å²) in [4.78, 5) is 17.6. The lowest BCUT2D eigenvalue weighted by Crippen LogP contribution is -2.27. The highest BCUT2D eigenvalue weighted by Crippen LogP contribution is 2.13. The summed E-state index contributed by atoms with van der Waals surface area (Å²) in [5.74, 6) is 1.40. The molecule has 100 valence electrons. The van der Waals surface area contributed by atoms with Crippen LogP contribution in [0.4, 0.5) is 0 Å². The van der Waals surface area contributed by atoms with Gasteiger partial charge in [-0.1, -0.05) is 12.1 Å². The first-order valence-corrected chi connectivity index (χ1v) is 5.87. The van der Waals surface area contributed by atoms with E-state index in [1.54, 1.807) is 26.0 Å². The Morgan fingerprint density at radius 1 is 1.37 bits per heavy atom. The molecule has 1 heterocycles. The Labute approximate surface area is 111 Å². The zero-order valence-corrected chi connectivity index (χ0v) is 11.2. The largest absolute Gasteiger partial charge is 0.497 e. The van der Waals surface area contributed by atoms with Crippen LogP contribution in [0.5, 0.6) is 5.75 Å². The van der Waals surface area contributed by atoms with E-state index in [0.717, 1.165) is 11.3 Å². The van der Waals surface area contributed by atoms with Crippen molar-refractivity contribution in [2.45, 2.75) is 13.5 Å². The van der Waals surface area contributed by atoms with E-state index in [0.29, 0.717) is 12.4 Å². The summed E-state index contributed by atoms with van der Waals surface area (Å²) >= 11 is 0. The van der Waals surface area contributed by atoms with E-state index in [4.69, 9.17) is 4.74 Å². The number of carbonyl (C=O) groups excluding carboxylic acids is 1. The summed E-state index contributed by atoms with van der Waals surface area (Å²) in [6.45, 7) is 2.25. The van der Waals surface area contributed by atoms with E-state index in [-0.39, 0.29) is 11.7 Å². The van der Waals surface area contributed by atoms with Crippen molar-refractivity contribution < 1.29 is 9.53 Å². The van der Waals surface area contributed by atoms with Gasteiger partial charge in [-0.05, 0) is 24.6 Å². The van der Waals surface area contributed by atoms with Crippen LogP contribution in [-0.2, 0) is 6.54 Å². The predicted molar refractivity (Wildman–Crippen MR) is 69.9 cm³/mol. The number of ether oxygens (including phenoxy) is 1. The highest BCUT2D eigenvalue weighted by Gasteiger charge is 2.16. The molecule has 1 aromatic carbocycles. The Kier molecular flexibility index (Phi) is 3.79. The van der Waals surface area contributed by atoms with E-state index in [1.807, 2.05) is 24.3 Å². The van der Waals surface area contributed by atoms with Crippen LogP contribution in [0.2, 0.25) is 0 Å². The first-order chi connectivity index (χ1) is 9.10. The van der Waals surface area contributed by atoms with Crippen LogP contribution >= 0.6 is 0 Å². The highest BCUT2D eigenvalue weighted by atomic mass is 16.5. The van der Waals surface area contributed by atoms with E-state index in [1.165, 1.54) is 0 Å². The Morgan fingerprint density at radius 2 is 2.05 bits per heavy atom. The van der Waals surface area contributed by atoms with E-state index >= 15 is 0 Å². The summed E-state index contributed by atoms with van der Waals surface area (Å²) in [7, 11) is 3.34. The van der Waals surface area contributed by atoms with Gasteiger partial charge in [0.1, 0.15) is 11.6 Å². The maximum atomic E-state index is 12.0. The molecule has 6 heteroatoms. The number of aryl methyl sites for hydroxylation is 1. The Bertz CT molecular complexity index is 562. The molecule has 0 atom stereocenters. The maximum absolute atomic E-state index is 12.0. The molecule has 1 aromatic heterocycles. The number of amides is 1. The molecular weight excluding hydrogens is 244 g/mol. The minimum absolute atomic E-state index is 0.188. The fraction of sp³-hybridized carbons (Fsp3) is 0.308. The van der Waals surface area contributed by atoms with Crippen molar-refractivity contribution in [1.29, 1.82) is 0 Å². The molecule has 6 nitrogen and oxygen atoms in total. The second-order valence-electron chi connectivity index (χ2n) is 4.25. The number of rotatable bonds is 4. The van der Waals surface area contributed by atoms with Crippen LogP contribution in [0.15, 0.2) is 24.3 Å². The number of H-pyrrole nitrogens is 1. The van der Waals surface area contributed by atoms with Gasteiger partial charge >= 0.3 is 0 Å². The lowest BCUT2D eigenvalue weighted by atomic mass is 10.2. The second kappa shape index (κ2) is 5.51. The monoisotopic (exact) mass is 260 g/mol. The number of nitrogens with one attached hydrogen (secondary N) is 1. The van der Waals surface area contributed by atoms with Crippen LogP contribution in [0.25, 0.3) is 0 Å². The van der Waals surface area contributed by atoms with Crippen molar-refractivity contribution in [3.8, 4) is 5.75 Å². The minimum atomic E-state index is -0.208. The molecule has 2 aromatic rings. The van der Waals surface area contributed by atoms with Gasteiger partial charge in [0.25, 0.3) is 5.91 Å². The molecule has 1 N–H and O–H groups in total. The SMILES string of the molecule is COc1ccc(CN(C)C(=O)c2n[nH]c(C)n2)cc1. The highest BCUT2D eigenvalue weighted by molar-refractivity contribution is 5.90. The fourth-order valence-corrected chi connectivity index (χ4v) is 1.69. The lowest BCUT2D eigenvalue weighted by molar-refractivity contribution is 0.0773. The Hall–Kier alpha value is -2.37. The molecule has 0 aliphatic rings. The van der Waals surface area contributed by atoms with Crippen molar-refractivity contribution in [2.75, 3.05) is 14.2 Å². The molecule has 2 rings (SSSR count). The summed E-state index contributed by atoms with van der Waals surface area (Å²) in [6.07, 6.45) is 0. The van der Waals surface area contributed by atoms with Gasteiger partial charge in [-0.15, -0.1) is 5.10 Å². The zero-order chi connectivity index (χ0) is 13.8. The van der Waals surface area contributed by atoms with E-state index in [9.17, 15) is 4.79 Å². The average molecular weight is 260 g/mol. The molecule has 0 unspecified atom stereocenters. The average Bonchev–Trinajstić information content (AvgIpc) is 2.85. The van der Waals surface area contributed by atoms with Gasteiger partial charge in [0.05, 0.1) is 7.11 Å². The van der Waals surface area contributed by atoms with E-state index < -0.39 is 0 Å². The Morgan fingerprint density at radius 3 is 2.58 bits per heavy atom. The smallest absolute Gasteiger partial charge is 0.293 e. The third-order valence-electron chi connectivity index (χ3n) is 2.71. The number of nitrogens with zero attached hydrogens (tertiary/aromatic N) is 3. The maximum Gasteiger partial charge on any atom is 0.293 e. The second-order valence-corrected chi connectivity index (χ2v) is 4.25. The number of aromatic amines is 1. The normalized spacial score (nSPS) is 10.3. The lowest BCUT2D eigenvalue weighted by Gasteiger charge is -2.15. The molecule has 0 radical (unpaired) electrons. The number of hydrogen-bond donors (Lipinski definition) is 1. The van der Waals surface area contributed by atoms with Crippen LogP contribution < -0.4 is 4.74 Å². The standard InChI is InChI=1S/C13H16N4O2/c1-9-14-12(16-15-9)13(18)17(2)8-10-4-6-11(19-3)7-5-10/h4-7H,8H2,1-3H3,(H,14,15,16). The number of benzene rings is 1. The van der Waals surface area contributed by atoms with Gasteiger partial charge in [0, 0.05) is 13.6 Å². The first-order valence-electron chi connectivity index (χ1n) is 5.87. The fourth-order valence-electron chi connectivity index (χ4n) is 1.69. The molecule has 1 amide bonds. The summed E-state index contributed by atoms with van der Waals surface area (Å²) in [5.41, 5.74) is 1.02. The molecular formula is C13H16N4O2. The van der Waals surface area contributed by atoms with E-state index in [2.05, 4.69) is 15.2 Å². The summed E-state index contributed by atoms with van der Waals surface area (Å²) in [6, 6.07) is 7.58. The topological polar surface area (TPSA) is 71.1 Å². The third-order valence-corrected chi connectivity index (χ3v) is 2.71. The quantitative estimate of drug-likeness (QED) is 0.901. The van der Waals surface area contributed by atoms with Crippen molar-refractivity contribution in [1.82, 2.24) is 20.1 Å². The molecule has 0 saturated carbocycles. The number of methoxy groups -OCH3 is 1. The number of hydrogen-bond acceptors (Lipinski definition) is 4. The third kappa shape index (κ3) is 3.09. The summed E-state index contributed by atoms with van der Waals surface area (Å²) < 4.78 is 5.09. The van der Waals surface area contributed by atoms with Crippen molar-refractivity contribution in [3.63, 3.8) is 0 Å². The van der Waals surface area contributed by atoms with Crippen LogP contribution in [0, 0.1) is 6.92 Å². The molecule has 0 fully saturated rings. The molecule has 0 bridgehead atoms. The van der Waals surface area contributed by atoms with Crippen molar-refractivity contribution in [2.24, 2.45) is 0 Å². The van der Waals surface area contributed by atoms with Gasteiger partial charge < -0.3 is 9.64 Å².